The SMILES string of the molecule is CC1CCCC1c1cccc2c1C(N(C)C)CCC2. The maximum Gasteiger partial charge on any atom is 0.0347 e. The summed E-state index contributed by atoms with van der Waals surface area (Å²) in [5.41, 5.74) is 5.00. The second-order valence-electron chi connectivity index (χ2n) is 6.81. The van der Waals surface area contributed by atoms with Crippen LogP contribution < -0.4 is 0 Å². The molecule has 1 aromatic rings. The third kappa shape index (κ3) is 2.33. The zero-order valence-corrected chi connectivity index (χ0v) is 12.7. The van der Waals surface area contributed by atoms with Crippen molar-refractivity contribution < 1.29 is 0 Å². The van der Waals surface area contributed by atoms with Gasteiger partial charge in [-0.05, 0) is 68.3 Å². The highest BCUT2D eigenvalue weighted by atomic mass is 15.1. The van der Waals surface area contributed by atoms with Gasteiger partial charge in [-0.25, -0.2) is 0 Å². The van der Waals surface area contributed by atoms with E-state index in [1.165, 1.54) is 38.5 Å². The van der Waals surface area contributed by atoms with E-state index in [9.17, 15) is 0 Å². The summed E-state index contributed by atoms with van der Waals surface area (Å²) >= 11 is 0. The molecule has 1 nitrogen and oxygen atoms in total. The van der Waals surface area contributed by atoms with Crippen LogP contribution in [0.25, 0.3) is 0 Å². The fourth-order valence-electron chi connectivity index (χ4n) is 4.33. The molecule has 0 saturated heterocycles. The number of benzene rings is 1. The largest absolute Gasteiger partial charge is 0.302 e. The van der Waals surface area contributed by atoms with Crippen LogP contribution in [-0.2, 0) is 6.42 Å². The molecule has 0 bridgehead atoms. The van der Waals surface area contributed by atoms with Gasteiger partial charge in [0.2, 0.25) is 0 Å². The number of hydrogen-bond acceptors (Lipinski definition) is 1. The molecule has 0 heterocycles. The lowest BCUT2D eigenvalue weighted by atomic mass is 9.78. The summed E-state index contributed by atoms with van der Waals surface area (Å²) in [5.74, 6) is 1.69. The van der Waals surface area contributed by atoms with Gasteiger partial charge in [-0.3, -0.25) is 0 Å². The molecule has 1 saturated carbocycles. The van der Waals surface area contributed by atoms with Crippen LogP contribution in [0.3, 0.4) is 0 Å². The molecule has 2 aliphatic rings. The second-order valence-corrected chi connectivity index (χ2v) is 6.81. The van der Waals surface area contributed by atoms with Crippen molar-refractivity contribution in [3.63, 3.8) is 0 Å². The fraction of sp³-hybridized carbons (Fsp3) is 0.667. The van der Waals surface area contributed by atoms with Gasteiger partial charge in [0.1, 0.15) is 0 Å². The first-order valence-electron chi connectivity index (χ1n) is 7.96. The number of hydrogen-bond donors (Lipinski definition) is 0. The summed E-state index contributed by atoms with van der Waals surface area (Å²) in [6, 6.07) is 7.74. The van der Waals surface area contributed by atoms with Crippen molar-refractivity contribution in [1.82, 2.24) is 4.90 Å². The second kappa shape index (κ2) is 5.28. The van der Waals surface area contributed by atoms with Gasteiger partial charge in [-0.1, -0.05) is 38.0 Å². The van der Waals surface area contributed by atoms with Crippen molar-refractivity contribution in [1.29, 1.82) is 0 Å². The Labute approximate surface area is 118 Å². The topological polar surface area (TPSA) is 3.24 Å². The molecule has 3 unspecified atom stereocenters. The summed E-state index contributed by atoms with van der Waals surface area (Å²) in [6.07, 6.45) is 8.20. The number of rotatable bonds is 2. The van der Waals surface area contributed by atoms with E-state index < -0.39 is 0 Å². The molecule has 1 heteroatoms. The highest BCUT2D eigenvalue weighted by molar-refractivity contribution is 5.42. The third-order valence-corrected chi connectivity index (χ3v) is 5.37. The van der Waals surface area contributed by atoms with Crippen molar-refractivity contribution in [3.05, 3.63) is 34.9 Å². The Morgan fingerprint density at radius 2 is 1.89 bits per heavy atom. The van der Waals surface area contributed by atoms with Crippen molar-refractivity contribution >= 4 is 0 Å². The molecule has 0 N–H and O–H groups in total. The third-order valence-electron chi connectivity index (χ3n) is 5.37. The van der Waals surface area contributed by atoms with Gasteiger partial charge in [0, 0.05) is 6.04 Å². The molecular formula is C18H27N. The molecule has 104 valence electrons. The Hall–Kier alpha value is -0.820. The van der Waals surface area contributed by atoms with E-state index in [1.54, 1.807) is 16.7 Å². The molecule has 2 aliphatic carbocycles. The Morgan fingerprint density at radius 1 is 1.05 bits per heavy atom. The summed E-state index contributed by atoms with van der Waals surface area (Å²) in [4.78, 5) is 2.43. The molecule has 0 amide bonds. The first kappa shape index (κ1) is 13.2. The van der Waals surface area contributed by atoms with Crippen molar-refractivity contribution in [2.24, 2.45) is 5.92 Å². The van der Waals surface area contributed by atoms with Crippen LogP contribution in [0.2, 0.25) is 0 Å². The minimum atomic E-state index is 0.646. The summed E-state index contributed by atoms with van der Waals surface area (Å²) in [7, 11) is 4.49. The Morgan fingerprint density at radius 3 is 2.58 bits per heavy atom. The average molecular weight is 257 g/mol. The molecule has 0 aromatic heterocycles. The maximum atomic E-state index is 2.45. The average Bonchev–Trinajstić information content (AvgIpc) is 2.83. The van der Waals surface area contributed by atoms with E-state index >= 15 is 0 Å². The fourth-order valence-corrected chi connectivity index (χ4v) is 4.33. The van der Waals surface area contributed by atoms with Gasteiger partial charge in [-0.2, -0.15) is 0 Å². The molecule has 3 atom stereocenters. The highest BCUT2D eigenvalue weighted by Gasteiger charge is 2.31. The van der Waals surface area contributed by atoms with Crippen LogP contribution in [0.1, 0.15) is 67.7 Å². The van der Waals surface area contributed by atoms with Crippen LogP contribution in [0, 0.1) is 5.92 Å². The number of nitrogens with zero attached hydrogens (tertiary/aromatic N) is 1. The molecule has 1 aromatic carbocycles. The van der Waals surface area contributed by atoms with E-state index in [1.807, 2.05) is 0 Å². The zero-order chi connectivity index (χ0) is 13.4. The van der Waals surface area contributed by atoms with Gasteiger partial charge >= 0.3 is 0 Å². The summed E-state index contributed by atoms with van der Waals surface area (Å²) in [6.45, 7) is 2.45. The van der Waals surface area contributed by atoms with Gasteiger partial charge in [0.25, 0.3) is 0 Å². The van der Waals surface area contributed by atoms with Crippen LogP contribution in [0.4, 0.5) is 0 Å². The summed E-state index contributed by atoms with van der Waals surface area (Å²) < 4.78 is 0. The number of aryl methyl sites for hydroxylation is 1. The molecule has 19 heavy (non-hydrogen) atoms. The zero-order valence-electron chi connectivity index (χ0n) is 12.7. The van der Waals surface area contributed by atoms with Crippen molar-refractivity contribution in [2.45, 2.75) is 57.4 Å². The molecule has 0 radical (unpaired) electrons. The minimum absolute atomic E-state index is 0.646. The van der Waals surface area contributed by atoms with E-state index in [0.717, 1.165) is 11.8 Å². The lowest BCUT2D eigenvalue weighted by Crippen LogP contribution is -2.26. The predicted octanol–water partition coefficient (Wildman–Crippen LogP) is 4.53. The monoisotopic (exact) mass is 257 g/mol. The standard InChI is InChI=1S/C18H27N/c1-13-7-4-10-15(13)16-11-5-8-14-9-6-12-17(18(14)16)19(2)3/h5,8,11,13,15,17H,4,6-7,9-10,12H2,1-3H3. The predicted molar refractivity (Wildman–Crippen MR) is 81.6 cm³/mol. The Balaban J connectivity index is 2.05. The van der Waals surface area contributed by atoms with Gasteiger partial charge < -0.3 is 4.90 Å². The van der Waals surface area contributed by atoms with E-state index in [0.29, 0.717) is 6.04 Å². The van der Waals surface area contributed by atoms with Gasteiger partial charge in [0.15, 0.2) is 0 Å². The molecule has 3 rings (SSSR count). The number of fused-ring (bicyclic) bond motifs is 1. The lowest BCUT2D eigenvalue weighted by molar-refractivity contribution is 0.265. The van der Waals surface area contributed by atoms with Crippen LogP contribution in [0.15, 0.2) is 18.2 Å². The van der Waals surface area contributed by atoms with E-state index in [-0.39, 0.29) is 0 Å². The van der Waals surface area contributed by atoms with Crippen molar-refractivity contribution in [3.8, 4) is 0 Å². The first-order valence-corrected chi connectivity index (χ1v) is 7.96. The normalized spacial score (nSPS) is 30.6. The smallest absolute Gasteiger partial charge is 0.0347 e. The van der Waals surface area contributed by atoms with Gasteiger partial charge in [-0.15, -0.1) is 0 Å². The van der Waals surface area contributed by atoms with E-state index in [4.69, 9.17) is 0 Å². The Kier molecular flexibility index (Phi) is 3.66. The van der Waals surface area contributed by atoms with Crippen LogP contribution >= 0.6 is 0 Å². The first-order chi connectivity index (χ1) is 9.18. The molecule has 0 aliphatic heterocycles. The van der Waals surface area contributed by atoms with Gasteiger partial charge in [0.05, 0.1) is 0 Å². The molecule has 0 spiro atoms. The highest BCUT2D eigenvalue weighted by Crippen LogP contribution is 2.45. The van der Waals surface area contributed by atoms with Crippen molar-refractivity contribution in [2.75, 3.05) is 14.1 Å². The van der Waals surface area contributed by atoms with Crippen LogP contribution in [-0.4, -0.2) is 19.0 Å². The molecular weight excluding hydrogens is 230 g/mol. The summed E-state index contributed by atoms with van der Waals surface area (Å²) in [5, 5.41) is 0. The van der Waals surface area contributed by atoms with E-state index in [2.05, 4.69) is 44.1 Å². The maximum absolute atomic E-state index is 2.45. The Bertz CT molecular complexity index is 449. The quantitative estimate of drug-likeness (QED) is 0.752. The van der Waals surface area contributed by atoms with Crippen LogP contribution in [0.5, 0.6) is 0 Å². The lowest BCUT2D eigenvalue weighted by Gasteiger charge is -2.34. The minimum Gasteiger partial charge on any atom is -0.302 e. The molecule has 1 fully saturated rings.